The van der Waals surface area contributed by atoms with E-state index in [1.807, 2.05) is 19.1 Å². The quantitative estimate of drug-likeness (QED) is 0.392. The highest BCUT2D eigenvalue weighted by Crippen LogP contribution is 2.34. The maximum atomic E-state index is 12.8. The van der Waals surface area contributed by atoms with Crippen LogP contribution in [0.4, 0.5) is 5.69 Å². The minimum absolute atomic E-state index is 0.0306. The number of rotatable bonds is 9. The largest absolute Gasteiger partial charge is 0.493 e. The van der Waals surface area contributed by atoms with Gasteiger partial charge < -0.3 is 14.8 Å². The first-order valence-corrected chi connectivity index (χ1v) is 13.2. The monoisotopic (exact) mass is 536 g/mol. The number of carbonyl (C=O) groups is 1. The second-order valence-corrected chi connectivity index (χ2v) is 10.5. The van der Waals surface area contributed by atoms with Crippen molar-refractivity contribution in [2.24, 2.45) is 0 Å². The average molecular weight is 537 g/mol. The van der Waals surface area contributed by atoms with Crippen molar-refractivity contribution in [3.8, 4) is 11.5 Å². The number of hydrogen-bond donors (Lipinski definition) is 1. The number of benzene rings is 3. The molecule has 0 unspecified atom stereocenters. The number of amides is 1. The molecule has 1 atom stereocenters. The van der Waals surface area contributed by atoms with E-state index in [1.54, 1.807) is 62.8 Å². The van der Waals surface area contributed by atoms with E-state index in [9.17, 15) is 13.2 Å². The molecule has 0 spiro atoms. The van der Waals surface area contributed by atoms with E-state index in [4.69, 9.17) is 32.7 Å². The van der Waals surface area contributed by atoms with Crippen LogP contribution in [0.1, 0.15) is 34.5 Å². The molecular formula is C25H26Cl2N2O5S. The van der Waals surface area contributed by atoms with Gasteiger partial charge in [-0.25, -0.2) is 8.42 Å². The Labute approximate surface area is 215 Å². The van der Waals surface area contributed by atoms with E-state index in [-0.39, 0.29) is 34.2 Å². The lowest BCUT2D eigenvalue weighted by atomic mass is 10.1. The number of ether oxygens (including phenoxy) is 2. The standard InChI is InChI=1S/C25H26Cl2N2O5S/c1-16(19-12-13-22(33-2)23(14-19)34-3)28-25(30)18-10-8-17(9-11-18)15-29(35(4,31)32)21-7-5-6-20(26)24(21)27/h5-14,16H,15H2,1-4H3,(H,28,30)/t16-/m1/s1. The van der Waals surface area contributed by atoms with Gasteiger partial charge in [0.2, 0.25) is 10.0 Å². The topological polar surface area (TPSA) is 84.9 Å². The Bertz CT molecular complexity index is 1310. The molecule has 0 aliphatic carbocycles. The third kappa shape index (κ3) is 6.39. The van der Waals surface area contributed by atoms with Gasteiger partial charge >= 0.3 is 0 Å². The summed E-state index contributed by atoms with van der Waals surface area (Å²) < 4.78 is 36.7. The summed E-state index contributed by atoms with van der Waals surface area (Å²) in [5.41, 5.74) is 2.26. The van der Waals surface area contributed by atoms with Gasteiger partial charge in [-0.3, -0.25) is 9.10 Å². The normalized spacial score (nSPS) is 12.1. The van der Waals surface area contributed by atoms with E-state index in [2.05, 4.69) is 5.32 Å². The number of carbonyl (C=O) groups excluding carboxylic acids is 1. The fraction of sp³-hybridized carbons (Fsp3) is 0.240. The van der Waals surface area contributed by atoms with Crippen molar-refractivity contribution in [1.82, 2.24) is 5.32 Å². The zero-order chi connectivity index (χ0) is 25.8. The summed E-state index contributed by atoms with van der Waals surface area (Å²) in [5.74, 6) is 0.912. The van der Waals surface area contributed by atoms with Gasteiger partial charge in [0, 0.05) is 5.56 Å². The number of nitrogens with one attached hydrogen (secondary N) is 1. The fourth-order valence-corrected chi connectivity index (χ4v) is 4.82. The molecule has 0 aliphatic heterocycles. The van der Waals surface area contributed by atoms with Crippen LogP contribution in [-0.4, -0.2) is 34.8 Å². The summed E-state index contributed by atoms with van der Waals surface area (Å²) >= 11 is 12.3. The highest BCUT2D eigenvalue weighted by Gasteiger charge is 2.22. The van der Waals surface area contributed by atoms with Crippen LogP contribution in [-0.2, 0) is 16.6 Å². The van der Waals surface area contributed by atoms with Gasteiger partial charge in [-0.15, -0.1) is 0 Å². The average Bonchev–Trinajstić information content (AvgIpc) is 2.83. The Morgan fingerprint density at radius 3 is 2.26 bits per heavy atom. The van der Waals surface area contributed by atoms with Crippen molar-refractivity contribution in [3.05, 3.63) is 87.4 Å². The summed E-state index contributed by atoms with van der Waals surface area (Å²) in [6.07, 6.45) is 1.10. The third-order valence-corrected chi connectivity index (χ3v) is 7.33. The van der Waals surface area contributed by atoms with Crippen LogP contribution in [0.2, 0.25) is 10.0 Å². The molecule has 3 rings (SSSR count). The van der Waals surface area contributed by atoms with Crippen LogP contribution in [0.15, 0.2) is 60.7 Å². The zero-order valence-electron chi connectivity index (χ0n) is 19.7. The Morgan fingerprint density at radius 2 is 1.66 bits per heavy atom. The van der Waals surface area contributed by atoms with E-state index >= 15 is 0 Å². The Kier molecular flexibility index (Phi) is 8.53. The molecule has 1 amide bonds. The molecule has 10 heteroatoms. The molecule has 0 fully saturated rings. The molecule has 0 saturated heterocycles. The first-order valence-electron chi connectivity index (χ1n) is 10.6. The summed E-state index contributed by atoms with van der Waals surface area (Å²) in [4.78, 5) is 12.8. The number of methoxy groups -OCH3 is 2. The van der Waals surface area contributed by atoms with Crippen LogP contribution in [0.3, 0.4) is 0 Å². The molecule has 186 valence electrons. The first kappa shape index (κ1) is 26.7. The van der Waals surface area contributed by atoms with Crippen molar-refractivity contribution in [3.63, 3.8) is 0 Å². The first-order chi connectivity index (χ1) is 16.5. The molecule has 3 aromatic rings. The van der Waals surface area contributed by atoms with E-state index in [1.165, 1.54) is 4.31 Å². The van der Waals surface area contributed by atoms with Crippen molar-refractivity contribution in [2.75, 3.05) is 24.8 Å². The van der Waals surface area contributed by atoms with Crippen LogP contribution in [0.25, 0.3) is 0 Å². The molecular weight excluding hydrogens is 511 g/mol. The number of nitrogens with zero attached hydrogens (tertiary/aromatic N) is 1. The highest BCUT2D eigenvalue weighted by molar-refractivity contribution is 7.92. The maximum absolute atomic E-state index is 12.8. The number of hydrogen-bond acceptors (Lipinski definition) is 5. The van der Waals surface area contributed by atoms with Crippen molar-refractivity contribution >= 4 is 44.8 Å². The molecule has 7 nitrogen and oxygen atoms in total. The predicted octanol–water partition coefficient (Wildman–Crippen LogP) is 5.47. The van der Waals surface area contributed by atoms with Gasteiger partial charge in [-0.1, -0.05) is 47.5 Å². The second-order valence-electron chi connectivity index (χ2n) is 7.85. The number of anilines is 1. The summed E-state index contributed by atoms with van der Waals surface area (Å²) in [7, 11) is -0.534. The predicted molar refractivity (Wildman–Crippen MR) is 139 cm³/mol. The number of halogens is 2. The van der Waals surface area contributed by atoms with Crippen LogP contribution in [0.5, 0.6) is 11.5 Å². The molecule has 0 radical (unpaired) electrons. The molecule has 0 heterocycles. The maximum Gasteiger partial charge on any atom is 0.251 e. The van der Waals surface area contributed by atoms with Crippen LogP contribution >= 0.6 is 23.2 Å². The van der Waals surface area contributed by atoms with Gasteiger partial charge in [0.25, 0.3) is 5.91 Å². The molecule has 0 aliphatic rings. The Hall–Kier alpha value is -2.94. The summed E-state index contributed by atoms with van der Waals surface area (Å²) in [6, 6.07) is 16.7. The van der Waals surface area contributed by atoms with E-state index in [0.717, 1.165) is 11.8 Å². The van der Waals surface area contributed by atoms with Gasteiger partial charge in [0.05, 0.1) is 48.8 Å². The molecule has 0 aromatic heterocycles. The van der Waals surface area contributed by atoms with Crippen molar-refractivity contribution in [1.29, 1.82) is 0 Å². The molecule has 0 saturated carbocycles. The molecule has 35 heavy (non-hydrogen) atoms. The lowest BCUT2D eigenvalue weighted by Crippen LogP contribution is -2.29. The second kappa shape index (κ2) is 11.2. The Morgan fingerprint density at radius 1 is 1.00 bits per heavy atom. The van der Waals surface area contributed by atoms with Gasteiger partial charge in [0.15, 0.2) is 11.5 Å². The summed E-state index contributed by atoms with van der Waals surface area (Å²) in [6.45, 7) is 1.90. The van der Waals surface area contributed by atoms with Crippen LogP contribution in [0, 0.1) is 0 Å². The highest BCUT2D eigenvalue weighted by atomic mass is 35.5. The fourth-order valence-electron chi connectivity index (χ4n) is 3.48. The number of sulfonamides is 1. The lowest BCUT2D eigenvalue weighted by molar-refractivity contribution is 0.0940. The van der Waals surface area contributed by atoms with Crippen LogP contribution < -0.4 is 19.1 Å². The summed E-state index contributed by atoms with van der Waals surface area (Å²) in [5, 5.41) is 3.36. The minimum atomic E-state index is -3.65. The Balaban J connectivity index is 1.75. The molecule has 0 bridgehead atoms. The van der Waals surface area contributed by atoms with Gasteiger partial charge in [-0.2, -0.15) is 0 Å². The van der Waals surface area contributed by atoms with Crippen molar-refractivity contribution in [2.45, 2.75) is 19.5 Å². The molecule has 1 N–H and O–H groups in total. The van der Waals surface area contributed by atoms with E-state index in [0.29, 0.717) is 22.6 Å². The van der Waals surface area contributed by atoms with Gasteiger partial charge in [-0.05, 0) is 54.4 Å². The smallest absolute Gasteiger partial charge is 0.251 e. The molecule has 3 aromatic carbocycles. The van der Waals surface area contributed by atoms with Crippen molar-refractivity contribution < 1.29 is 22.7 Å². The third-order valence-electron chi connectivity index (χ3n) is 5.40. The SMILES string of the molecule is COc1ccc([C@@H](C)NC(=O)c2ccc(CN(c3cccc(Cl)c3Cl)S(C)(=O)=O)cc2)cc1OC. The van der Waals surface area contributed by atoms with E-state index < -0.39 is 10.0 Å². The minimum Gasteiger partial charge on any atom is -0.493 e. The zero-order valence-corrected chi connectivity index (χ0v) is 22.0. The lowest BCUT2D eigenvalue weighted by Gasteiger charge is -2.24. The van der Waals surface area contributed by atoms with Gasteiger partial charge in [0.1, 0.15) is 0 Å².